The number of nitrogens with two attached hydrogens (primary N) is 1. The van der Waals surface area contributed by atoms with Crippen molar-refractivity contribution in [2.75, 3.05) is 0 Å². The van der Waals surface area contributed by atoms with Gasteiger partial charge in [0.25, 0.3) is 0 Å². The zero-order chi connectivity index (χ0) is 15.9. The summed E-state index contributed by atoms with van der Waals surface area (Å²) in [6.07, 6.45) is 0.313. The van der Waals surface area contributed by atoms with E-state index < -0.39 is 12.1 Å². The summed E-state index contributed by atoms with van der Waals surface area (Å²) >= 11 is 0. The molecule has 3 N–H and O–H groups in total. The molecule has 22 heavy (non-hydrogen) atoms. The maximum absolute atomic E-state index is 10.4. The molecule has 2 aromatic rings. The standard InChI is InChI=1S/C19H25NO2/c1-3-14(2)19(21)18(20)16-11-7-8-12-17(16)22-13-15-9-5-4-6-10-15/h4-12,14,18-19,21H,3,13,20H2,1-2H3/t14?,18-,19+/m0/s1. The molecule has 0 bridgehead atoms. The minimum Gasteiger partial charge on any atom is -0.489 e. The van der Waals surface area contributed by atoms with Crippen molar-refractivity contribution >= 4 is 0 Å². The summed E-state index contributed by atoms with van der Waals surface area (Å²) < 4.78 is 5.92. The molecule has 2 rings (SSSR count). The summed E-state index contributed by atoms with van der Waals surface area (Å²) in [4.78, 5) is 0. The van der Waals surface area contributed by atoms with Crippen molar-refractivity contribution in [2.45, 2.75) is 39.0 Å². The van der Waals surface area contributed by atoms with E-state index in [0.29, 0.717) is 6.61 Å². The van der Waals surface area contributed by atoms with Crippen LogP contribution in [0.5, 0.6) is 5.75 Å². The van der Waals surface area contributed by atoms with Crippen molar-refractivity contribution in [3.05, 3.63) is 65.7 Å². The maximum Gasteiger partial charge on any atom is 0.124 e. The largest absolute Gasteiger partial charge is 0.489 e. The number of para-hydroxylation sites is 1. The molecule has 118 valence electrons. The normalized spacial score (nSPS) is 15.1. The van der Waals surface area contributed by atoms with Crippen LogP contribution in [0.2, 0.25) is 0 Å². The van der Waals surface area contributed by atoms with E-state index in [1.54, 1.807) is 0 Å². The van der Waals surface area contributed by atoms with Crippen molar-refractivity contribution in [2.24, 2.45) is 11.7 Å². The van der Waals surface area contributed by atoms with Crippen molar-refractivity contribution in [3.63, 3.8) is 0 Å². The Kier molecular flexibility index (Phi) is 5.99. The number of ether oxygens (including phenoxy) is 1. The van der Waals surface area contributed by atoms with Gasteiger partial charge in [-0.3, -0.25) is 0 Å². The van der Waals surface area contributed by atoms with Gasteiger partial charge in [0.2, 0.25) is 0 Å². The Morgan fingerprint density at radius 2 is 1.68 bits per heavy atom. The highest BCUT2D eigenvalue weighted by atomic mass is 16.5. The quantitative estimate of drug-likeness (QED) is 0.820. The molecule has 0 saturated carbocycles. The summed E-state index contributed by atoms with van der Waals surface area (Å²) in [5.41, 5.74) is 8.21. The molecule has 1 unspecified atom stereocenters. The van der Waals surface area contributed by atoms with Gasteiger partial charge in [0.05, 0.1) is 12.1 Å². The minimum absolute atomic E-state index is 0.150. The van der Waals surface area contributed by atoms with Crippen molar-refractivity contribution in [1.82, 2.24) is 0 Å². The van der Waals surface area contributed by atoms with Crippen LogP contribution in [0.15, 0.2) is 54.6 Å². The van der Waals surface area contributed by atoms with Gasteiger partial charge in [-0.15, -0.1) is 0 Å². The SMILES string of the molecule is CCC(C)[C@@H](O)[C@@H](N)c1ccccc1OCc1ccccc1. The predicted octanol–water partition coefficient (Wildman–Crippen LogP) is 3.67. The van der Waals surface area contributed by atoms with Gasteiger partial charge in [-0.2, -0.15) is 0 Å². The topological polar surface area (TPSA) is 55.5 Å². The van der Waals surface area contributed by atoms with Crippen LogP contribution in [-0.4, -0.2) is 11.2 Å². The molecule has 2 aromatic carbocycles. The molecule has 0 aliphatic rings. The molecule has 0 aliphatic heterocycles. The van der Waals surface area contributed by atoms with Gasteiger partial charge in [0, 0.05) is 5.56 Å². The Bertz CT molecular complexity index is 571. The fourth-order valence-corrected chi connectivity index (χ4v) is 2.40. The van der Waals surface area contributed by atoms with Gasteiger partial charge >= 0.3 is 0 Å². The smallest absolute Gasteiger partial charge is 0.124 e. The molecule has 0 spiro atoms. The number of hydrogen-bond acceptors (Lipinski definition) is 3. The highest BCUT2D eigenvalue weighted by Gasteiger charge is 2.24. The fraction of sp³-hybridized carbons (Fsp3) is 0.368. The first-order valence-corrected chi connectivity index (χ1v) is 7.82. The van der Waals surface area contributed by atoms with Gasteiger partial charge in [-0.25, -0.2) is 0 Å². The van der Waals surface area contributed by atoms with E-state index >= 15 is 0 Å². The molecule has 0 amide bonds. The first-order valence-electron chi connectivity index (χ1n) is 7.82. The number of hydrogen-bond donors (Lipinski definition) is 2. The first-order chi connectivity index (χ1) is 10.6. The van der Waals surface area contributed by atoms with Crippen molar-refractivity contribution in [3.8, 4) is 5.75 Å². The molecular formula is C19H25NO2. The average Bonchev–Trinajstić information content (AvgIpc) is 2.59. The number of aliphatic hydroxyl groups is 1. The fourth-order valence-electron chi connectivity index (χ4n) is 2.40. The van der Waals surface area contributed by atoms with Crippen LogP contribution in [0.1, 0.15) is 37.4 Å². The Morgan fingerprint density at radius 1 is 1.05 bits per heavy atom. The zero-order valence-corrected chi connectivity index (χ0v) is 13.3. The van der Waals surface area contributed by atoms with Crippen molar-refractivity contribution < 1.29 is 9.84 Å². The molecule has 0 fully saturated rings. The van der Waals surface area contributed by atoms with Crippen LogP contribution in [-0.2, 0) is 6.61 Å². The summed E-state index contributed by atoms with van der Waals surface area (Å²) in [7, 11) is 0. The number of benzene rings is 2. The van der Waals surface area contributed by atoms with Crippen LogP contribution in [0.4, 0.5) is 0 Å². The highest BCUT2D eigenvalue weighted by Crippen LogP contribution is 2.29. The third-order valence-corrected chi connectivity index (χ3v) is 4.11. The lowest BCUT2D eigenvalue weighted by Gasteiger charge is -2.25. The average molecular weight is 299 g/mol. The van der Waals surface area contributed by atoms with Gasteiger partial charge in [0.15, 0.2) is 0 Å². The van der Waals surface area contributed by atoms with E-state index in [1.165, 1.54) is 0 Å². The van der Waals surface area contributed by atoms with E-state index in [2.05, 4.69) is 6.92 Å². The number of aliphatic hydroxyl groups excluding tert-OH is 1. The van der Waals surface area contributed by atoms with Crippen LogP contribution in [0.25, 0.3) is 0 Å². The van der Waals surface area contributed by atoms with Crippen LogP contribution < -0.4 is 10.5 Å². The predicted molar refractivity (Wildman–Crippen MR) is 89.6 cm³/mol. The Morgan fingerprint density at radius 3 is 2.36 bits per heavy atom. The van der Waals surface area contributed by atoms with Crippen molar-refractivity contribution in [1.29, 1.82) is 0 Å². The van der Waals surface area contributed by atoms with Crippen LogP contribution in [0.3, 0.4) is 0 Å². The number of rotatable bonds is 7. The molecule has 3 heteroatoms. The zero-order valence-electron chi connectivity index (χ0n) is 13.3. The molecule has 3 atom stereocenters. The van der Waals surface area contributed by atoms with Gasteiger partial charge in [-0.05, 0) is 17.5 Å². The second-order valence-corrected chi connectivity index (χ2v) is 5.71. The molecule has 0 aromatic heterocycles. The summed E-state index contributed by atoms with van der Waals surface area (Å²) in [6, 6.07) is 17.2. The summed E-state index contributed by atoms with van der Waals surface area (Å²) in [6.45, 7) is 4.56. The Hall–Kier alpha value is -1.84. The third kappa shape index (κ3) is 4.09. The second kappa shape index (κ2) is 7.97. The van der Waals surface area contributed by atoms with E-state index in [1.807, 2.05) is 61.5 Å². The first kappa shape index (κ1) is 16.5. The van der Waals surface area contributed by atoms with E-state index in [-0.39, 0.29) is 5.92 Å². The molecule has 0 radical (unpaired) electrons. The lowest BCUT2D eigenvalue weighted by atomic mass is 9.91. The van der Waals surface area contributed by atoms with Crippen LogP contribution in [0, 0.1) is 5.92 Å². The summed E-state index contributed by atoms with van der Waals surface area (Å²) in [5, 5.41) is 10.4. The Labute approximate surface area is 132 Å². The van der Waals surface area contributed by atoms with E-state index in [0.717, 1.165) is 23.3 Å². The lowest BCUT2D eigenvalue weighted by Crippen LogP contribution is -2.31. The summed E-state index contributed by atoms with van der Waals surface area (Å²) in [5.74, 6) is 0.887. The molecule has 0 heterocycles. The molecule has 3 nitrogen and oxygen atoms in total. The molecule has 0 aliphatic carbocycles. The van der Waals surface area contributed by atoms with Gasteiger partial charge < -0.3 is 15.6 Å². The van der Waals surface area contributed by atoms with E-state index in [9.17, 15) is 5.11 Å². The Balaban J connectivity index is 2.12. The minimum atomic E-state index is -0.577. The second-order valence-electron chi connectivity index (χ2n) is 5.71. The third-order valence-electron chi connectivity index (χ3n) is 4.11. The highest BCUT2D eigenvalue weighted by molar-refractivity contribution is 5.36. The van der Waals surface area contributed by atoms with Gasteiger partial charge in [0.1, 0.15) is 12.4 Å². The molecule has 0 saturated heterocycles. The van der Waals surface area contributed by atoms with E-state index in [4.69, 9.17) is 10.5 Å². The maximum atomic E-state index is 10.4. The van der Waals surface area contributed by atoms with Crippen LogP contribution >= 0.6 is 0 Å². The monoisotopic (exact) mass is 299 g/mol. The van der Waals surface area contributed by atoms with Gasteiger partial charge in [-0.1, -0.05) is 68.8 Å². The lowest BCUT2D eigenvalue weighted by molar-refractivity contribution is 0.0866. The molecular weight excluding hydrogens is 274 g/mol.